The molecule has 1 unspecified atom stereocenters. The molecule has 0 aromatic heterocycles. The maximum atomic E-state index is 13.3. The van der Waals surface area contributed by atoms with E-state index in [1.165, 1.54) is 24.3 Å². The first-order valence-corrected chi connectivity index (χ1v) is 6.36. The normalized spacial score (nSPS) is 12.1. The molecule has 0 aliphatic heterocycles. The highest BCUT2D eigenvalue weighted by Crippen LogP contribution is 2.21. The highest BCUT2D eigenvalue weighted by Gasteiger charge is 2.13. The Morgan fingerprint density at radius 3 is 2.19 bits per heavy atom. The number of benzene rings is 2. The van der Waals surface area contributed by atoms with E-state index >= 15 is 0 Å². The molecule has 0 heterocycles. The van der Waals surface area contributed by atoms with Crippen LogP contribution < -0.4 is 5.32 Å². The molecule has 1 atom stereocenters. The summed E-state index contributed by atoms with van der Waals surface area (Å²) in [6.45, 7) is 0. The number of nitrogens with one attached hydrogen (secondary N) is 1. The summed E-state index contributed by atoms with van der Waals surface area (Å²) in [4.78, 5) is 10.1. The van der Waals surface area contributed by atoms with Crippen LogP contribution in [-0.2, 0) is 6.42 Å². The van der Waals surface area contributed by atoms with E-state index in [4.69, 9.17) is 0 Å². The SMILES string of the molecule is CNC(Cc1ccc([N+](=O)[O-])cc1)c1cc(F)cc(F)c1. The molecule has 0 radical (unpaired) electrons. The Bertz CT molecular complexity index is 624. The first kappa shape index (κ1) is 15.1. The lowest BCUT2D eigenvalue weighted by molar-refractivity contribution is -0.384. The van der Waals surface area contributed by atoms with Crippen LogP contribution in [0.5, 0.6) is 0 Å². The van der Waals surface area contributed by atoms with Gasteiger partial charge < -0.3 is 5.32 Å². The molecule has 0 saturated carbocycles. The van der Waals surface area contributed by atoms with Crippen LogP contribution in [0.1, 0.15) is 17.2 Å². The topological polar surface area (TPSA) is 55.2 Å². The van der Waals surface area contributed by atoms with Crippen molar-refractivity contribution in [3.63, 3.8) is 0 Å². The van der Waals surface area contributed by atoms with Gasteiger partial charge in [0.15, 0.2) is 0 Å². The minimum Gasteiger partial charge on any atom is -0.313 e. The van der Waals surface area contributed by atoms with E-state index in [-0.39, 0.29) is 11.7 Å². The summed E-state index contributed by atoms with van der Waals surface area (Å²) >= 11 is 0. The van der Waals surface area contributed by atoms with E-state index in [0.717, 1.165) is 11.6 Å². The third kappa shape index (κ3) is 3.82. The van der Waals surface area contributed by atoms with Gasteiger partial charge in [-0.2, -0.15) is 0 Å². The second kappa shape index (κ2) is 6.41. The van der Waals surface area contributed by atoms with E-state index in [9.17, 15) is 18.9 Å². The first-order valence-electron chi connectivity index (χ1n) is 6.36. The average molecular weight is 292 g/mol. The number of nitro groups is 1. The van der Waals surface area contributed by atoms with Crippen LogP contribution in [-0.4, -0.2) is 12.0 Å². The van der Waals surface area contributed by atoms with Crippen LogP contribution >= 0.6 is 0 Å². The van der Waals surface area contributed by atoms with Crippen molar-refractivity contribution in [2.24, 2.45) is 0 Å². The molecule has 0 fully saturated rings. The lowest BCUT2D eigenvalue weighted by Gasteiger charge is -2.17. The van der Waals surface area contributed by atoms with Gasteiger partial charge in [0.2, 0.25) is 0 Å². The van der Waals surface area contributed by atoms with Crippen LogP contribution in [0, 0.1) is 21.7 Å². The Morgan fingerprint density at radius 2 is 1.71 bits per heavy atom. The summed E-state index contributed by atoms with van der Waals surface area (Å²) in [6.07, 6.45) is 0.470. The first-order chi connectivity index (χ1) is 9.99. The van der Waals surface area contributed by atoms with Crippen molar-refractivity contribution < 1.29 is 13.7 Å². The fourth-order valence-corrected chi connectivity index (χ4v) is 2.15. The maximum absolute atomic E-state index is 13.3. The molecule has 2 rings (SSSR count). The van der Waals surface area contributed by atoms with Gasteiger partial charge in [0, 0.05) is 24.2 Å². The van der Waals surface area contributed by atoms with Gasteiger partial charge in [0.25, 0.3) is 5.69 Å². The molecular weight excluding hydrogens is 278 g/mol. The Labute approximate surface area is 120 Å². The molecule has 6 heteroatoms. The largest absolute Gasteiger partial charge is 0.313 e. The smallest absolute Gasteiger partial charge is 0.269 e. The monoisotopic (exact) mass is 292 g/mol. The van der Waals surface area contributed by atoms with Crippen molar-refractivity contribution >= 4 is 5.69 Å². The fraction of sp³-hybridized carbons (Fsp3) is 0.200. The van der Waals surface area contributed by atoms with Crippen molar-refractivity contribution in [2.75, 3.05) is 7.05 Å². The Kier molecular flexibility index (Phi) is 4.59. The van der Waals surface area contributed by atoms with Gasteiger partial charge in [0.1, 0.15) is 11.6 Å². The Morgan fingerprint density at radius 1 is 1.14 bits per heavy atom. The van der Waals surface area contributed by atoms with Crippen LogP contribution in [0.25, 0.3) is 0 Å². The number of rotatable bonds is 5. The number of non-ortho nitro benzene ring substituents is 1. The summed E-state index contributed by atoms with van der Waals surface area (Å²) in [5, 5.41) is 13.6. The standard InChI is InChI=1S/C15H14F2N2O2/c1-18-15(11-7-12(16)9-13(17)8-11)6-10-2-4-14(5-3-10)19(20)21/h2-5,7-9,15,18H,6H2,1H3. The minimum atomic E-state index is -0.631. The molecule has 0 spiro atoms. The van der Waals surface area contributed by atoms with Crippen LogP contribution in [0.3, 0.4) is 0 Å². The van der Waals surface area contributed by atoms with Gasteiger partial charge in [-0.3, -0.25) is 10.1 Å². The average Bonchev–Trinajstić information content (AvgIpc) is 2.44. The van der Waals surface area contributed by atoms with E-state index in [0.29, 0.717) is 12.0 Å². The predicted molar refractivity (Wildman–Crippen MR) is 75.0 cm³/mol. The van der Waals surface area contributed by atoms with E-state index < -0.39 is 16.6 Å². The molecule has 21 heavy (non-hydrogen) atoms. The van der Waals surface area contributed by atoms with E-state index in [2.05, 4.69) is 5.32 Å². The molecule has 2 aromatic carbocycles. The lowest BCUT2D eigenvalue weighted by Crippen LogP contribution is -2.19. The van der Waals surface area contributed by atoms with Gasteiger partial charge in [-0.1, -0.05) is 12.1 Å². The van der Waals surface area contributed by atoms with Crippen molar-refractivity contribution in [1.29, 1.82) is 0 Å². The minimum absolute atomic E-state index is 0.0107. The zero-order chi connectivity index (χ0) is 15.4. The summed E-state index contributed by atoms with van der Waals surface area (Å²) in [5.74, 6) is -1.26. The number of hydrogen-bond acceptors (Lipinski definition) is 3. The summed E-state index contributed by atoms with van der Waals surface area (Å²) in [7, 11) is 1.69. The van der Waals surface area contributed by atoms with Gasteiger partial charge in [-0.05, 0) is 36.7 Å². The Balaban J connectivity index is 2.20. The molecule has 0 saturated heterocycles. The molecule has 2 aromatic rings. The molecule has 4 nitrogen and oxygen atoms in total. The molecule has 110 valence electrons. The van der Waals surface area contributed by atoms with Crippen LogP contribution in [0.15, 0.2) is 42.5 Å². The Hall–Kier alpha value is -2.34. The molecule has 0 aliphatic carbocycles. The van der Waals surface area contributed by atoms with Crippen LogP contribution in [0.4, 0.5) is 14.5 Å². The third-order valence-electron chi connectivity index (χ3n) is 3.22. The van der Waals surface area contributed by atoms with Crippen molar-refractivity contribution in [3.05, 3.63) is 75.3 Å². The van der Waals surface area contributed by atoms with E-state index in [1.54, 1.807) is 19.2 Å². The molecule has 1 N–H and O–H groups in total. The van der Waals surface area contributed by atoms with Crippen molar-refractivity contribution in [2.45, 2.75) is 12.5 Å². The summed E-state index contributed by atoms with van der Waals surface area (Å²) < 4.78 is 26.5. The molecule has 0 aliphatic rings. The lowest BCUT2D eigenvalue weighted by atomic mass is 9.98. The predicted octanol–water partition coefficient (Wildman–Crippen LogP) is 3.38. The zero-order valence-electron chi connectivity index (χ0n) is 11.3. The van der Waals surface area contributed by atoms with Gasteiger partial charge in [-0.15, -0.1) is 0 Å². The second-order valence-electron chi connectivity index (χ2n) is 4.67. The summed E-state index contributed by atoms with van der Waals surface area (Å²) in [5.41, 5.74) is 1.34. The number of hydrogen-bond donors (Lipinski definition) is 1. The number of likely N-dealkylation sites (N-methyl/N-ethyl adjacent to an activating group) is 1. The highest BCUT2D eigenvalue weighted by molar-refractivity contribution is 5.34. The summed E-state index contributed by atoms with van der Waals surface area (Å²) in [6, 6.07) is 9.18. The van der Waals surface area contributed by atoms with Gasteiger partial charge >= 0.3 is 0 Å². The molecular formula is C15H14F2N2O2. The van der Waals surface area contributed by atoms with E-state index in [1.807, 2.05) is 0 Å². The second-order valence-corrected chi connectivity index (χ2v) is 4.67. The fourth-order valence-electron chi connectivity index (χ4n) is 2.15. The quantitative estimate of drug-likeness (QED) is 0.679. The van der Waals surface area contributed by atoms with Crippen LogP contribution in [0.2, 0.25) is 0 Å². The van der Waals surface area contributed by atoms with Gasteiger partial charge in [-0.25, -0.2) is 8.78 Å². The zero-order valence-corrected chi connectivity index (χ0v) is 11.3. The van der Waals surface area contributed by atoms with Gasteiger partial charge in [0.05, 0.1) is 4.92 Å². The number of halogens is 2. The van der Waals surface area contributed by atoms with Crippen molar-refractivity contribution in [3.8, 4) is 0 Å². The number of nitro benzene ring substituents is 1. The maximum Gasteiger partial charge on any atom is 0.269 e. The third-order valence-corrected chi connectivity index (χ3v) is 3.22. The molecule has 0 bridgehead atoms. The number of nitrogens with zero attached hydrogens (tertiary/aromatic N) is 1. The van der Waals surface area contributed by atoms with Crippen molar-refractivity contribution in [1.82, 2.24) is 5.32 Å². The highest BCUT2D eigenvalue weighted by atomic mass is 19.1. The molecule has 0 amide bonds.